The van der Waals surface area contributed by atoms with Gasteiger partial charge in [-0.15, -0.1) is 0 Å². The molecule has 0 saturated carbocycles. The molecule has 0 aliphatic heterocycles. The highest BCUT2D eigenvalue weighted by atomic mass is 16.6. The highest BCUT2D eigenvalue weighted by molar-refractivity contribution is 5.81. The summed E-state index contributed by atoms with van der Waals surface area (Å²) in [7, 11) is 0. The summed E-state index contributed by atoms with van der Waals surface area (Å²) in [6, 6.07) is 9.74. The van der Waals surface area contributed by atoms with E-state index in [0.717, 1.165) is 11.6 Å². The summed E-state index contributed by atoms with van der Waals surface area (Å²) < 4.78 is 4.83. The van der Waals surface area contributed by atoms with Gasteiger partial charge in [-0.1, -0.05) is 24.8 Å². The molecule has 0 radical (unpaired) electrons. The van der Waals surface area contributed by atoms with Crippen LogP contribution in [-0.2, 0) is 9.53 Å². The van der Waals surface area contributed by atoms with Crippen LogP contribution in [0.1, 0.15) is 45.7 Å². The van der Waals surface area contributed by atoms with Crippen molar-refractivity contribution >= 4 is 11.5 Å². The van der Waals surface area contributed by atoms with E-state index in [1.54, 1.807) is 0 Å². The van der Waals surface area contributed by atoms with Crippen LogP contribution in [-0.4, -0.2) is 11.6 Å². The van der Waals surface area contributed by atoms with Gasteiger partial charge >= 0.3 is 5.97 Å². The molecule has 112 valence electrons. The van der Waals surface area contributed by atoms with E-state index in [1.807, 2.05) is 65.0 Å². The molecule has 1 aromatic rings. The first kappa shape index (κ1) is 18.7. The molecule has 0 atom stereocenters. The predicted molar refractivity (Wildman–Crippen MR) is 86.5 cm³/mol. The van der Waals surface area contributed by atoms with Crippen LogP contribution in [0.25, 0.3) is 5.57 Å². The van der Waals surface area contributed by atoms with Crippen molar-refractivity contribution in [3.8, 4) is 6.07 Å². The van der Waals surface area contributed by atoms with Crippen molar-refractivity contribution in [2.45, 2.75) is 40.2 Å². The molecule has 0 saturated heterocycles. The van der Waals surface area contributed by atoms with Gasteiger partial charge in [0.2, 0.25) is 0 Å². The van der Waals surface area contributed by atoms with Gasteiger partial charge in [0.25, 0.3) is 0 Å². The molecule has 1 rings (SSSR count). The lowest BCUT2D eigenvalue weighted by Gasteiger charge is -2.17. The number of carbonyl (C=O) groups is 1. The van der Waals surface area contributed by atoms with Crippen LogP contribution >= 0.6 is 0 Å². The van der Waals surface area contributed by atoms with E-state index >= 15 is 0 Å². The Bertz CT molecular complexity index is 557. The van der Waals surface area contributed by atoms with Crippen LogP contribution in [0.2, 0.25) is 0 Å². The zero-order chi connectivity index (χ0) is 16.5. The minimum absolute atomic E-state index is 0.373. The third-order valence-corrected chi connectivity index (χ3v) is 2.45. The summed E-state index contributed by atoms with van der Waals surface area (Å²) in [5.74, 6) is -0.373. The molecular weight excluding hydrogens is 262 g/mol. The van der Waals surface area contributed by atoms with Crippen molar-refractivity contribution in [1.82, 2.24) is 0 Å². The number of ether oxygens (including phenoxy) is 1. The number of hydrogen-bond donors (Lipinski definition) is 0. The van der Waals surface area contributed by atoms with Crippen molar-refractivity contribution in [3.63, 3.8) is 0 Å². The van der Waals surface area contributed by atoms with Gasteiger partial charge in [0.05, 0.1) is 11.6 Å². The van der Waals surface area contributed by atoms with Crippen LogP contribution in [0.15, 0.2) is 43.0 Å². The SMILES string of the molecule is C=CC(=O)OC(C)(C)C.CC=C(C)c1cccc(C#N)c1. The quantitative estimate of drug-likeness (QED) is 0.594. The van der Waals surface area contributed by atoms with Crippen LogP contribution in [0, 0.1) is 11.3 Å². The second-order valence-corrected chi connectivity index (χ2v) is 5.40. The zero-order valence-electron chi connectivity index (χ0n) is 13.4. The van der Waals surface area contributed by atoms with Gasteiger partial charge < -0.3 is 4.74 Å². The van der Waals surface area contributed by atoms with Crippen molar-refractivity contribution in [2.75, 3.05) is 0 Å². The Morgan fingerprint density at radius 2 is 2.00 bits per heavy atom. The van der Waals surface area contributed by atoms with Gasteiger partial charge in [0, 0.05) is 6.08 Å². The average Bonchev–Trinajstić information content (AvgIpc) is 2.45. The summed E-state index contributed by atoms with van der Waals surface area (Å²) in [6.45, 7) is 12.7. The van der Waals surface area contributed by atoms with Gasteiger partial charge in [-0.05, 0) is 57.9 Å². The Morgan fingerprint density at radius 3 is 2.38 bits per heavy atom. The molecule has 0 bridgehead atoms. The largest absolute Gasteiger partial charge is 0.457 e. The first-order chi connectivity index (χ1) is 9.73. The Labute approximate surface area is 127 Å². The highest BCUT2D eigenvalue weighted by Gasteiger charge is 2.12. The molecule has 0 fully saturated rings. The fraction of sp³-hybridized carbons (Fsp3) is 0.333. The molecule has 0 amide bonds. The van der Waals surface area contributed by atoms with Crippen LogP contribution in [0.4, 0.5) is 0 Å². The number of allylic oxidation sites excluding steroid dienone is 2. The number of nitriles is 1. The van der Waals surface area contributed by atoms with Gasteiger partial charge in [-0.25, -0.2) is 4.79 Å². The van der Waals surface area contributed by atoms with E-state index in [0.29, 0.717) is 5.56 Å². The predicted octanol–water partition coefficient (Wildman–Crippen LogP) is 4.50. The molecule has 0 spiro atoms. The Morgan fingerprint density at radius 1 is 1.38 bits per heavy atom. The Hall–Kier alpha value is -2.34. The number of carbonyl (C=O) groups excluding carboxylic acids is 1. The molecule has 0 aromatic heterocycles. The second-order valence-electron chi connectivity index (χ2n) is 5.40. The average molecular weight is 285 g/mol. The standard InChI is InChI=1S/C11H11N.C7H12O2/c1-3-9(2)11-6-4-5-10(7-11)8-12;1-5-6(8)9-7(2,3)4/h3-7H,1-2H3;5H,1H2,2-4H3. The molecule has 0 heterocycles. The van der Waals surface area contributed by atoms with E-state index in [1.165, 1.54) is 5.57 Å². The monoisotopic (exact) mass is 285 g/mol. The first-order valence-electron chi connectivity index (χ1n) is 6.72. The summed E-state index contributed by atoms with van der Waals surface area (Å²) in [6.07, 6.45) is 3.20. The van der Waals surface area contributed by atoms with E-state index < -0.39 is 5.60 Å². The highest BCUT2D eigenvalue weighted by Crippen LogP contribution is 2.14. The van der Waals surface area contributed by atoms with Crippen molar-refractivity contribution < 1.29 is 9.53 Å². The number of nitrogens with zero attached hydrogens (tertiary/aromatic N) is 1. The summed E-state index contributed by atoms with van der Waals surface area (Å²) >= 11 is 0. The van der Waals surface area contributed by atoms with E-state index in [2.05, 4.69) is 12.6 Å². The topological polar surface area (TPSA) is 50.1 Å². The number of esters is 1. The maximum Gasteiger partial charge on any atom is 0.330 e. The lowest BCUT2D eigenvalue weighted by Crippen LogP contribution is -2.22. The van der Waals surface area contributed by atoms with Gasteiger partial charge in [0.15, 0.2) is 0 Å². The molecular formula is C18H23NO2. The van der Waals surface area contributed by atoms with E-state index in [4.69, 9.17) is 10.00 Å². The maximum absolute atomic E-state index is 10.5. The third-order valence-electron chi connectivity index (χ3n) is 2.45. The summed E-state index contributed by atoms with van der Waals surface area (Å²) in [5, 5.41) is 8.65. The number of benzene rings is 1. The molecule has 3 heteroatoms. The molecule has 21 heavy (non-hydrogen) atoms. The third kappa shape index (κ3) is 8.43. The fourth-order valence-electron chi connectivity index (χ4n) is 1.34. The summed E-state index contributed by atoms with van der Waals surface area (Å²) in [5.41, 5.74) is 2.64. The Kier molecular flexibility index (Phi) is 7.78. The maximum atomic E-state index is 10.5. The van der Waals surface area contributed by atoms with Crippen LogP contribution in [0.5, 0.6) is 0 Å². The smallest absolute Gasteiger partial charge is 0.330 e. The van der Waals surface area contributed by atoms with Gasteiger partial charge in [-0.2, -0.15) is 5.26 Å². The number of hydrogen-bond acceptors (Lipinski definition) is 3. The lowest BCUT2D eigenvalue weighted by molar-refractivity contribution is -0.148. The molecule has 0 N–H and O–H groups in total. The molecule has 0 unspecified atom stereocenters. The first-order valence-corrected chi connectivity index (χ1v) is 6.72. The van der Waals surface area contributed by atoms with Crippen molar-refractivity contribution in [3.05, 3.63) is 54.1 Å². The van der Waals surface area contributed by atoms with Gasteiger partial charge in [0.1, 0.15) is 5.60 Å². The minimum Gasteiger partial charge on any atom is -0.457 e. The fourth-order valence-corrected chi connectivity index (χ4v) is 1.34. The minimum atomic E-state index is -0.398. The second kappa shape index (κ2) is 8.76. The zero-order valence-corrected chi connectivity index (χ0v) is 13.4. The van der Waals surface area contributed by atoms with Crippen LogP contribution in [0.3, 0.4) is 0 Å². The molecule has 0 aliphatic rings. The van der Waals surface area contributed by atoms with Gasteiger partial charge in [-0.3, -0.25) is 0 Å². The van der Waals surface area contributed by atoms with E-state index in [-0.39, 0.29) is 5.97 Å². The number of rotatable bonds is 2. The van der Waals surface area contributed by atoms with Crippen molar-refractivity contribution in [1.29, 1.82) is 5.26 Å². The molecule has 3 nitrogen and oxygen atoms in total. The lowest BCUT2D eigenvalue weighted by atomic mass is 10.1. The summed E-state index contributed by atoms with van der Waals surface area (Å²) in [4.78, 5) is 10.5. The Balaban J connectivity index is 0.000000400. The molecule has 1 aromatic carbocycles. The van der Waals surface area contributed by atoms with E-state index in [9.17, 15) is 4.79 Å². The van der Waals surface area contributed by atoms with Crippen LogP contribution < -0.4 is 0 Å². The van der Waals surface area contributed by atoms with Crippen molar-refractivity contribution in [2.24, 2.45) is 0 Å². The molecule has 0 aliphatic carbocycles. The normalized spacial score (nSPS) is 10.8.